The minimum atomic E-state index is -0.439. The molecule has 0 amide bonds. The van der Waals surface area contributed by atoms with Gasteiger partial charge in [-0.15, -0.1) is 0 Å². The lowest BCUT2D eigenvalue weighted by Gasteiger charge is -2.09. The molecule has 4 nitrogen and oxygen atoms in total. The molecule has 20 heavy (non-hydrogen) atoms. The van der Waals surface area contributed by atoms with E-state index < -0.39 is 4.92 Å². The van der Waals surface area contributed by atoms with Gasteiger partial charge in [-0.1, -0.05) is 23.2 Å². The van der Waals surface area contributed by atoms with E-state index in [2.05, 4.69) is 21.2 Å². The van der Waals surface area contributed by atoms with Crippen LogP contribution in [-0.4, -0.2) is 4.92 Å². The SMILES string of the molecule is O=[N+]([O-])c1ccc(NCc2cc(Cl)cc(Cl)c2)c(Br)c1. The van der Waals surface area contributed by atoms with Crippen molar-refractivity contribution in [2.24, 2.45) is 0 Å². The van der Waals surface area contributed by atoms with Crippen LogP contribution in [0.25, 0.3) is 0 Å². The molecule has 0 radical (unpaired) electrons. The monoisotopic (exact) mass is 374 g/mol. The smallest absolute Gasteiger partial charge is 0.270 e. The van der Waals surface area contributed by atoms with Crippen LogP contribution in [0.5, 0.6) is 0 Å². The van der Waals surface area contributed by atoms with Gasteiger partial charge in [0.15, 0.2) is 0 Å². The number of anilines is 1. The Balaban J connectivity index is 2.12. The van der Waals surface area contributed by atoms with Gasteiger partial charge in [0.25, 0.3) is 5.69 Å². The summed E-state index contributed by atoms with van der Waals surface area (Å²) in [7, 11) is 0. The van der Waals surface area contributed by atoms with Crippen LogP contribution in [0, 0.1) is 10.1 Å². The molecule has 0 heterocycles. The topological polar surface area (TPSA) is 55.2 Å². The zero-order valence-electron chi connectivity index (χ0n) is 10.1. The number of hydrogen-bond acceptors (Lipinski definition) is 3. The van der Waals surface area contributed by atoms with Crippen LogP contribution in [0.3, 0.4) is 0 Å². The van der Waals surface area contributed by atoms with Gasteiger partial charge in [0.1, 0.15) is 0 Å². The van der Waals surface area contributed by atoms with E-state index in [-0.39, 0.29) is 5.69 Å². The number of non-ortho nitro benzene ring substituents is 1. The van der Waals surface area contributed by atoms with Crippen molar-refractivity contribution in [3.05, 3.63) is 66.6 Å². The summed E-state index contributed by atoms with van der Waals surface area (Å²) in [6.07, 6.45) is 0. The second-order valence-corrected chi connectivity index (χ2v) is 5.78. The molecule has 7 heteroatoms. The molecule has 0 saturated heterocycles. The largest absolute Gasteiger partial charge is 0.380 e. The normalized spacial score (nSPS) is 10.3. The molecule has 1 N–H and O–H groups in total. The molecule has 0 aliphatic heterocycles. The fraction of sp³-hybridized carbons (Fsp3) is 0.0769. The highest BCUT2D eigenvalue weighted by Crippen LogP contribution is 2.28. The summed E-state index contributed by atoms with van der Waals surface area (Å²) in [5.74, 6) is 0. The third-order valence-corrected chi connectivity index (χ3v) is 3.66. The highest BCUT2D eigenvalue weighted by atomic mass is 79.9. The number of nitrogens with zero attached hydrogens (tertiary/aromatic N) is 1. The Kier molecular flexibility index (Phi) is 4.86. The highest BCUT2D eigenvalue weighted by Gasteiger charge is 2.09. The number of nitro groups is 1. The number of benzene rings is 2. The quantitative estimate of drug-likeness (QED) is 0.584. The summed E-state index contributed by atoms with van der Waals surface area (Å²) in [6.45, 7) is 0.511. The minimum absolute atomic E-state index is 0.0354. The van der Waals surface area contributed by atoms with Gasteiger partial charge in [0.2, 0.25) is 0 Å². The molecule has 2 aromatic rings. The number of rotatable bonds is 4. The molecule has 0 aliphatic carbocycles. The lowest BCUT2D eigenvalue weighted by Crippen LogP contribution is -2.00. The van der Waals surface area contributed by atoms with Crippen molar-refractivity contribution in [2.45, 2.75) is 6.54 Å². The van der Waals surface area contributed by atoms with E-state index >= 15 is 0 Å². The van der Waals surface area contributed by atoms with E-state index in [1.165, 1.54) is 12.1 Å². The van der Waals surface area contributed by atoms with Crippen molar-refractivity contribution in [3.63, 3.8) is 0 Å². The molecule has 0 aromatic heterocycles. The van der Waals surface area contributed by atoms with Crippen molar-refractivity contribution in [1.29, 1.82) is 0 Å². The maximum Gasteiger partial charge on any atom is 0.270 e. The van der Waals surface area contributed by atoms with Gasteiger partial charge >= 0.3 is 0 Å². The van der Waals surface area contributed by atoms with Gasteiger partial charge in [0.05, 0.1) is 4.92 Å². The van der Waals surface area contributed by atoms with E-state index in [0.29, 0.717) is 21.1 Å². The molecule has 0 aliphatic rings. The standard InChI is InChI=1S/C13H9BrCl2N2O2/c14-12-6-11(18(19)20)1-2-13(12)17-7-8-3-9(15)5-10(16)4-8/h1-6,17H,7H2. The van der Waals surface area contributed by atoms with Crippen LogP contribution in [0.2, 0.25) is 10.0 Å². The van der Waals surface area contributed by atoms with Crippen molar-refractivity contribution < 1.29 is 4.92 Å². The van der Waals surface area contributed by atoms with Gasteiger partial charge in [-0.3, -0.25) is 10.1 Å². The Morgan fingerprint density at radius 1 is 1.15 bits per heavy atom. The van der Waals surface area contributed by atoms with E-state index in [9.17, 15) is 10.1 Å². The molecule has 0 atom stereocenters. The number of nitro benzene ring substituents is 1. The van der Waals surface area contributed by atoms with Gasteiger partial charge < -0.3 is 5.32 Å². The Morgan fingerprint density at radius 2 is 1.80 bits per heavy atom. The molecular formula is C13H9BrCl2N2O2. The molecular weight excluding hydrogens is 367 g/mol. The lowest BCUT2D eigenvalue weighted by atomic mass is 10.2. The average Bonchev–Trinajstić information content (AvgIpc) is 2.36. The van der Waals surface area contributed by atoms with Gasteiger partial charge in [-0.05, 0) is 45.8 Å². The minimum Gasteiger partial charge on any atom is -0.380 e. The maximum atomic E-state index is 10.7. The van der Waals surface area contributed by atoms with Crippen LogP contribution in [0.15, 0.2) is 40.9 Å². The first-order valence-corrected chi connectivity index (χ1v) is 7.13. The summed E-state index contributed by atoms with van der Waals surface area (Å²) >= 11 is 15.1. The van der Waals surface area contributed by atoms with Crippen LogP contribution < -0.4 is 5.32 Å². The van der Waals surface area contributed by atoms with Crippen LogP contribution in [0.1, 0.15) is 5.56 Å². The summed E-state index contributed by atoms with van der Waals surface area (Å²) in [4.78, 5) is 10.2. The summed E-state index contributed by atoms with van der Waals surface area (Å²) in [6, 6.07) is 9.81. The summed E-state index contributed by atoms with van der Waals surface area (Å²) in [5.41, 5.74) is 1.72. The fourth-order valence-corrected chi connectivity index (χ4v) is 2.75. The second kappa shape index (κ2) is 6.43. The molecule has 104 valence electrons. The predicted octanol–water partition coefficient (Wildman–Crippen LogP) is 5.28. The van der Waals surface area contributed by atoms with Crippen molar-refractivity contribution >= 4 is 50.5 Å². The van der Waals surface area contributed by atoms with Gasteiger partial charge in [-0.2, -0.15) is 0 Å². The second-order valence-electron chi connectivity index (χ2n) is 4.05. The average molecular weight is 376 g/mol. The summed E-state index contributed by atoms with van der Waals surface area (Å²) < 4.78 is 0.625. The molecule has 0 unspecified atom stereocenters. The molecule has 0 spiro atoms. The third-order valence-electron chi connectivity index (χ3n) is 2.57. The molecule has 2 rings (SSSR count). The van der Waals surface area contributed by atoms with Gasteiger partial charge in [-0.25, -0.2) is 0 Å². The maximum absolute atomic E-state index is 10.7. The first kappa shape index (κ1) is 15.1. The van der Waals surface area contributed by atoms with Gasteiger partial charge in [0, 0.05) is 38.9 Å². The Labute approximate surface area is 134 Å². The van der Waals surface area contributed by atoms with E-state index in [1.54, 1.807) is 24.3 Å². The summed E-state index contributed by atoms with van der Waals surface area (Å²) in [5, 5.41) is 15.0. The van der Waals surface area contributed by atoms with Crippen LogP contribution in [-0.2, 0) is 6.54 Å². The molecule has 0 saturated carbocycles. The van der Waals surface area contributed by atoms with E-state index in [1.807, 2.05) is 0 Å². The zero-order chi connectivity index (χ0) is 14.7. The van der Waals surface area contributed by atoms with Crippen molar-refractivity contribution in [2.75, 3.05) is 5.32 Å². The predicted molar refractivity (Wildman–Crippen MR) is 84.6 cm³/mol. The van der Waals surface area contributed by atoms with E-state index in [4.69, 9.17) is 23.2 Å². The van der Waals surface area contributed by atoms with Crippen LogP contribution >= 0.6 is 39.1 Å². The first-order valence-electron chi connectivity index (χ1n) is 5.58. The highest BCUT2D eigenvalue weighted by molar-refractivity contribution is 9.10. The van der Waals surface area contributed by atoms with Crippen LogP contribution in [0.4, 0.5) is 11.4 Å². The van der Waals surface area contributed by atoms with Crippen molar-refractivity contribution in [3.8, 4) is 0 Å². The van der Waals surface area contributed by atoms with E-state index in [0.717, 1.165) is 11.3 Å². The lowest BCUT2D eigenvalue weighted by molar-refractivity contribution is -0.384. The number of hydrogen-bond donors (Lipinski definition) is 1. The Hall–Kier alpha value is -1.30. The number of halogens is 3. The third kappa shape index (κ3) is 3.85. The Morgan fingerprint density at radius 3 is 2.35 bits per heavy atom. The molecule has 0 fully saturated rings. The zero-order valence-corrected chi connectivity index (χ0v) is 13.2. The number of nitrogens with one attached hydrogen (secondary N) is 1. The molecule has 2 aromatic carbocycles. The Bertz CT molecular complexity index is 645. The molecule has 0 bridgehead atoms. The first-order chi connectivity index (χ1) is 9.45. The fourth-order valence-electron chi connectivity index (χ4n) is 1.67. The van der Waals surface area contributed by atoms with Crippen molar-refractivity contribution in [1.82, 2.24) is 0 Å².